The van der Waals surface area contributed by atoms with E-state index in [0.29, 0.717) is 24.7 Å². The fourth-order valence-corrected chi connectivity index (χ4v) is 2.87. The van der Waals surface area contributed by atoms with Crippen LogP contribution in [0.1, 0.15) is 11.4 Å². The van der Waals surface area contributed by atoms with E-state index in [0.717, 1.165) is 15.7 Å². The molecule has 0 bridgehead atoms. The highest BCUT2D eigenvalue weighted by Crippen LogP contribution is 2.22. The number of aryl methyl sites for hydroxylation is 1. The molecule has 0 atom stereocenters. The zero-order valence-corrected chi connectivity index (χ0v) is 17.0. The molecule has 0 aliphatic rings. The number of nitrogens with two attached hydrogens (primary N) is 1. The van der Waals surface area contributed by atoms with Gasteiger partial charge in [-0.05, 0) is 18.6 Å². The highest BCUT2D eigenvalue weighted by molar-refractivity contribution is 5.63. The molecule has 0 spiro atoms. The zero-order chi connectivity index (χ0) is 22.4. The number of aromatic nitrogens is 6. The minimum absolute atomic E-state index is 0.0939. The summed E-state index contributed by atoms with van der Waals surface area (Å²) in [6, 6.07) is 1.80. The molecule has 12 heteroatoms. The van der Waals surface area contributed by atoms with E-state index in [2.05, 4.69) is 30.5 Å². The van der Waals surface area contributed by atoms with Gasteiger partial charge in [-0.25, -0.2) is 29.4 Å². The first-order valence-corrected chi connectivity index (χ1v) is 9.36. The number of rotatable bonds is 9. The molecule has 4 N–H and O–H groups in total. The van der Waals surface area contributed by atoms with Crippen LogP contribution < -0.4 is 16.7 Å². The Morgan fingerprint density at radius 1 is 1.23 bits per heavy atom. The summed E-state index contributed by atoms with van der Waals surface area (Å²) in [5.74, 6) is 0.851. The van der Waals surface area contributed by atoms with Crippen LogP contribution >= 0.6 is 0 Å². The maximum atomic E-state index is 13.0. The van der Waals surface area contributed by atoms with E-state index in [4.69, 9.17) is 10.5 Å². The lowest BCUT2D eigenvalue weighted by Gasteiger charge is -2.11. The Morgan fingerprint density at radius 3 is 2.55 bits per heavy atom. The number of nitrogens with one attached hydrogen (secondary N) is 2. The summed E-state index contributed by atoms with van der Waals surface area (Å²) in [5.41, 5.74) is 6.60. The molecule has 3 rings (SSSR count). The predicted molar refractivity (Wildman–Crippen MR) is 110 cm³/mol. The standard InChI is InChI=1S/C19H22F2N8O2/c1-11-5-13(14-9-25-18(26-10-14)23-3-4-31-2)8-24-17(11)29-15(27-28-19(29)30)6-12(7-22)16(20)21/h5,8-10H,3-4,6-7,22H2,1-2H3,(H,28,30)(H,23,25,26). The lowest BCUT2D eigenvalue weighted by atomic mass is 10.1. The summed E-state index contributed by atoms with van der Waals surface area (Å²) in [6.45, 7) is 2.53. The Labute approximate surface area is 176 Å². The van der Waals surface area contributed by atoms with Crippen LogP contribution in [0.2, 0.25) is 0 Å². The molecular weight excluding hydrogens is 410 g/mol. The van der Waals surface area contributed by atoms with Gasteiger partial charge in [0, 0.05) is 61.9 Å². The van der Waals surface area contributed by atoms with Crippen LogP contribution in [0.5, 0.6) is 0 Å². The molecule has 3 heterocycles. The Hall–Kier alpha value is -3.51. The second-order valence-electron chi connectivity index (χ2n) is 6.60. The topological polar surface area (TPSA) is 137 Å². The third kappa shape index (κ3) is 5.16. The fourth-order valence-electron chi connectivity index (χ4n) is 2.87. The van der Waals surface area contributed by atoms with Crippen molar-refractivity contribution >= 4 is 5.95 Å². The quantitative estimate of drug-likeness (QED) is 0.432. The zero-order valence-electron chi connectivity index (χ0n) is 17.0. The highest BCUT2D eigenvalue weighted by Gasteiger charge is 2.17. The first-order chi connectivity index (χ1) is 14.9. The van der Waals surface area contributed by atoms with Gasteiger partial charge in [0.15, 0.2) is 0 Å². The molecule has 0 aliphatic carbocycles. The molecule has 31 heavy (non-hydrogen) atoms. The third-order valence-electron chi connectivity index (χ3n) is 4.46. The maximum absolute atomic E-state index is 13.0. The van der Waals surface area contributed by atoms with Gasteiger partial charge < -0.3 is 15.8 Å². The van der Waals surface area contributed by atoms with Crippen molar-refractivity contribution in [2.24, 2.45) is 5.73 Å². The van der Waals surface area contributed by atoms with E-state index < -0.39 is 11.8 Å². The van der Waals surface area contributed by atoms with Crippen LogP contribution in [0, 0.1) is 6.92 Å². The molecule has 3 aromatic rings. The van der Waals surface area contributed by atoms with Gasteiger partial charge in [0.05, 0.1) is 6.61 Å². The molecular formula is C19H22F2N8O2. The van der Waals surface area contributed by atoms with E-state index in [1.807, 2.05) is 0 Å². The van der Waals surface area contributed by atoms with E-state index in [1.54, 1.807) is 38.7 Å². The van der Waals surface area contributed by atoms with Crippen molar-refractivity contribution in [3.63, 3.8) is 0 Å². The number of hydrogen-bond acceptors (Lipinski definition) is 8. The SMILES string of the molecule is COCCNc1ncc(-c2cnc(-n3c(CC(CN)=C(F)F)n[nH]c3=O)c(C)c2)cn1. The Bertz CT molecular complexity index is 1120. The summed E-state index contributed by atoms with van der Waals surface area (Å²) < 4.78 is 32.1. The monoisotopic (exact) mass is 432 g/mol. The number of aromatic amines is 1. The average molecular weight is 432 g/mol. The molecule has 0 aliphatic heterocycles. The van der Waals surface area contributed by atoms with E-state index in [9.17, 15) is 13.6 Å². The number of anilines is 1. The summed E-state index contributed by atoms with van der Waals surface area (Å²) in [4.78, 5) is 25.1. The van der Waals surface area contributed by atoms with Crippen molar-refractivity contribution in [3.8, 4) is 16.9 Å². The van der Waals surface area contributed by atoms with Crippen LogP contribution in [-0.2, 0) is 11.2 Å². The van der Waals surface area contributed by atoms with Gasteiger partial charge >= 0.3 is 5.69 Å². The number of hydrogen-bond donors (Lipinski definition) is 3. The summed E-state index contributed by atoms with van der Waals surface area (Å²) >= 11 is 0. The molecule has 3 aromatic heterocycles. The van der Waals surface area contributed by atoms with Crippen molar-refractivity contribution < 1.29 is 13.5 Å². The predicted octanol–water partition coefficient (Wildman–Crippen LogP) is 1.43. The second kappa shape index (κ2) is 10.00. The summed E-state index contributed by atoms with van der Waals surface area (Å²) in [6.07, 6.45) is 2.69. The van der Waals surface area contributed by atoms with Crippen LogP contribution in [0.4, 0.5) is 14.7 Å². The fraction of sp³-hybridized carbons (Fsp3) is 0.316. The number of H-pyrrole nitrogens is 1. The first kappa shape index (κ1) is 22.2. The Morgan fingerprint density at radius 2 is 1.94 bits per heavy atom. The van der Waals surface area contributed by atoms with Crippen LogP contribution in [0.15, 0.2) is 41.1 Å². The van der Waals surface area contributed by atoms with Gasteiger partial charge in [-0.1, -0.05) is 0 Å². The average Bonchev–Trinajstić information content (AvgIpc) is 3.12. The molecule has 10 nitrogen and oxygen atoms in total. The van der Waals surface area contributed by atoms with Gasteiger partial charge in [-0.15, -0.1) is 0 Å². The number of ether oxygens (including phenoxy) is 1. The van der Waals surface area contributed by atoms with E-state index in [1.165, 1.54) is 0 Å². The number of methoxy groups -OCH3 is 1. The minimum atomic E-state index is -1.88. The Kier molecular flexibility index (Phi) is 7.15. The van der Waals surface area contributed by atoms with Gasteiger partial charge in [-0.2, -0.15) is 13.9 Å². The van der Waals surface area contributed by atoms with Crippen LogP contribution in [-0.4, -0.2) is 56.5 Å². The number of pyridine rings is 1. The molecule has 0 saturated carbocycles. The molecule has 0 saturated heterocycles. The van der Waals surface area contributed by atoms with Crippen molar-refractivity contribution in [2.45, 2.75) is 13.3 Å². The number of nitrogens with zero attached hydrogens (tertiary/aromatic N) is 5. The third-order valence-corrected chi connectivity index (χ3v) is 4.46. The van der Waals surface area contributed by atoms with Gasteiger partial charge in [0.25, 0.3) is 6.08 Å². The van der Waals surface area contributed by atoms with Crippen molar-refractivity contribution in [1.82, 2.24) is 29.7 Å². The van der Waals surface area contributed by atoms with Crippen LogP contribution in [0.3, 0.4) is 0 Å². The molecule has 0 fully saturated rings. The Balaban J connectivity index is 1.88. The van der Waals surface area contributed by atoms with Crippen molar-refractivity contribution in [3.05, 3.63) is 58.2 Å². The molecule has 0 radical (unpaired) electrons. The summed E-state index contributed by atoms with van der Waals surface area (Å²) in [5, 5.41) is 9.16. The molecule has 0 unspecified atom stereocenters. The first-order valence-electron chi connectivity index (χ1n) is 9.36. The molecule has 0 amide bonds. The minimum Gasteiger partial charge on any atom is -0.383 e. The largest absolute Gasteiger partial charge is 0.383 e. The molecule has 164 valence electrons. The normalized spacial score (nSPS) is 10.9. The van der Waals surface area contributed by atoms with Gasteiger partial charge in [0.2, 0.25) is 5.95 Å². The second-order valence-corrected chi connectivity index (χ2v) is 6.60. The van der Waals surface area contributed by atoms with E-state index in [-0.39, 0.29) is 30.2 Å². The van der Waals surface area contributed by atoms with E-state index >= 15 is 0 Å². The highest BCUT2D eigenvalue weighted by atomic mass is 19.3. The lowest BCUT2D eigenvalue weighted by Crippen LogP contribution is -2.20. The van der Waals surface area contributed by atoms with Crippen molar-refractivity contribution in [2.75, 3.05) is 32.1 Å². The van der Waals surface area contributed by atoms with Gasteiger partial charge in [-0.3, -0.25) is 0 Å². The summed E-state index contributed by atoms with van der Waals surface area (Å²) in [7, 11) is 1.61. The van der Waals surface area contributed by atoms with Crippen molar-refractivity contribution in [1.29, 1.82) is 0 Å². The van der Waals surface area contributed by atoms with Gasteiger partial charge in [0.1, 0.15) is 11.6 Å². The van der Waals surface area contributed by atoms with Crippen LogP contribution in [0.25, 0.3) is 16.9 Å². The smallest absolute Gasteiger partial charge is 0.349 e. The lowest BCUT2D eigenvalue weighted by molar-refractivity contribution is 0.210. The maximum Gasteiger partial charge on any atom is 0.349 e. The number of halogens is 2. The molecule has 0 aromatic carbocycles.